The standard InChI is InChI=1S/C22H22N4O5/c1-24(14-19(27)25-9-11-31-12-10-25)20(28)15-7-8-17-18(13-15)23-22(30)26(21(17)29)16-5-3-2-4-6-16/h2-8,13H,9-12,14H2,1H3,(H,23,30). The minimum atomic E-state index is -0.593. The second-order valence-electron chi connectivity index (χ2n) is 7.32. The number of carbonyl (C=O) groups excluding carboxylic acids is 2. The van der Waals surface area contributed by atoms with E-state index in [1.54, 1.807) is 42.3 Å². The molecule has 2 heterocycles. The molecule has 1 aliphatic rings. The van der Waals surface area contributed by atoms with E-state index < -0.39 is 11.2 Å². The summed E-state index contributed by atoms with van der Waals surface area (Å²) in [4.78, 5) is 56.3. The van der Waals surface area contributed by atoms with E-state index in [1.165, 1.54) is 23.1 Å². The van der Waals surface area contributed by atoms with Crippen LogP contribution in [-0.2, 0) is 9.53 Å². The lowest BCUT2D eigenvalue weighted by Crippen LogP contribution is -2.46. The predicted molar refractivity (Wildman–Crippen MR) is 115 cm³/mol. The van der Waals surface area contributed by atoms with E-state index in [2.05, 4.69) is 4.98 Å². The largest absolute Gasteiger partial charge is 0.378 e. The van der Waals surface area contributed by atoms with Gasteiger partial charge in [-0.2, -0.15) is 0 Å². The molecule has 4 rings (SSSR count). The van der Waals surface area contributed by atoms with Gasteiger partial charge in [-0.1, -0.05) is 18.2 Å². The highest BCUT2D eigenvalue weighted by Gasteiger charge is 2.21. The van der Waals surface area contributed by atoms with Crippen molar-refractivity contribution < 1.29 is 14.3 Å². The van der Waals surface area contributed by atoms with Gasteiger partial charge in [0.2, 0.25) is 5.91 Å². The highest BCUT2D eigenvalue weighted by molar-refractivity contribution is 5.99. The van der Waals surface area contributed by atoms with Crippen LogP contribution in [0.1, 0.15) is 10.4 Å². The van der Waals surface area contributed by atoms with Crippen LogP contribution in [0.15, 0.2) is 58.1 Å². The third-order valence-corrected chi connectivity index (χ3v) is 5.24. The Morgan fingerprint density at radius 3 is 2.48 bits per heavy atom. The molecule has 0 aliphatic carbocycles. The van der Waals surface area contributed by atoms with Gasteiger partial charge in [-0.15, -0.1) is 0 Å². The highest BCUT2D eigenvalue weighted by atomic mass is 16.5. The molecule has 3 aromatic rings. The lowest BCUT2D eigenvalue weighted by Gasteiger charge is -2.28. The van der Waals surface area contributed by atoms with Crippen LogP contribution in [0.3, 0.4) is 0 Å². The van der Waals surface area contributed by atoms with Crippen molar-refractivity contribution in [2.24, 2.45) is 0 Å². The fraction of sp³-hybridized carbons (Fsp3) is 0.273. The number of hydrogen-bond acceptors (Lipinski definition) is 5. The summed E-state index contributed by atoms with van der Waals surface area (Å²) in [6.07, 6.45) is 0. The van der Waals surface area contributed by atoms with Crippen LogP contribution in [0.2, 0.25) is 0 Å². The second-order valence-corrected chi connectivity index (χ2v) is 7.32. The van der Waals surface area contributed by atoms with Crippen molar-refractivity contribution in [3.05, 3.63) is 74.9 Å². The van der Waals surface area contributed by atoms with E-state index >= 15 is 0 Å². The van der Waals surface area contributed by atoms with Crippen LogP contribution >= 0.6 is 0 Å². The van der Waals surface area contributed by atoms with Crippen LogP contribution in [-0.4, -0.2) is 71.1 Å². The molecule has 1 N–H and O–H groups in total. The molecular formula is C22H22N4O5. The second kappa shape index (κ2) is 8.57. The Morgan fingerprint density at radius 2 is 1.77 bits per heavy atom. The number of para-hydroxylation sites is 1. The first kappa shape index (κ1) is 20.5. The van der Waals surface area contributed by atoms with Gasteiger partial charge in [-0.3, -0.25) is 14.4 Å². The third-order valence-electron chi connectivity index (χ3n) is 5.24. The number of benzene rings is 2. The zero-order valence-electron chi connectivity index (χ0n) is 17.0. The minimum Gasteiger partial charge on any atom is -0.378 e. The fourth-order valence-electron chi connectivity index (χ4n) is 3.57. The summed E-state index contributed by atoms with van der Waals surface area (Å²) < 4.78 is 6.29. The molecule has 9 nitrogen and oxygen atoms in total. The molecule has 31 heavy (non-hydrogen) atoms. The lowest BCUT2D eigenvalue weighted by molar-refractivity contribution is -0.135. The Kier molecular flexibility index (Phi) is 5.68. The maximum Gasteiger partial charge on any atom is 0.333 e. The highest BCUT2D eigenvalue weighted by Crippen LogP contribution is 2.13. The Hall–Kier alpha value is -3.72. The van der Waals surface area contributed by atoms with E-state index in [9.17, 15) is 19.2 Å². The average Bonchev–Trinajstić information content (AvgIpc) is 2.79. The van der Waals surface area contributed by atoms with E-state index in [1.807, 2.05) is 0 Å². The van der Waals surface area contributed by atoms with E-state index in [4.69, 9.17) is 4.74 Å². The van der Waals surface area contributed by atoms with Crippen molar-refractivity contribution in [3.63, 3.8) is 0 Å². The Morgan fingerprint density at radius 1 is 1.06 bits per heavy atom. The van der Waals surface area contributed by atoms with Gasteiger partial charge >= 0.3 is 5.69 Å². The summed E-state index contributed by atoms with van der Waals surface area (Å²) >= 11 is 0. The van der Waals surface area contributed by atoms with E-state index in [-0.39, 0.29) is 34.8 Å². The zero-order valence-corrected chi connectivity index (χ0v) is 17.0. The first-order valence-electron chi connectivity index (χ1n) is 9.91. The molecular weight excluding hydrogens is 400 g/mol. The maximum absolute atomic E-state index is 12.9. The van der Waals surface area contributed by atoms with Gasteiger partial charge in [0.05, 0.1) is 36.3 Å². The summed E-state index contributed by atoms with van der Waals surface area (Å²) in [6.45, 7) is 1.92. The van der Waals surface area contributed by atoms with Crippen LogP contribution < -0.4 is 11.2 Å². The third kappa shape index (κ3) is 4.13. The van der Waals surface area contributed by atoms with Crippen LogP contribution in [0.5, 0.6) is 0 Å². The maximum atomic E-state index is 12.9. The van der Waals surface area contributed by atoms with Crippen LogP contribution in [0.25, 0.3) is 16.6 Å². The van der Waals surface area contributed by atoms with Gasteiger partial charge in [0.1, 0.15) is 0 Å². The molecule has 2 amide bonds. The molecule has 1 aromatic heterocycles. The van der Waals surface area contributed by atoms with Gasteiger partial charge < -0.3 is 19.5 Å². The number of amides is 2. The molecule has 1 saturated heterocycles. The molecule has 0 bridgehead atoms. The molecule has 2 aromatic carbocycles. The molecule has 160 valence electrons. The number of likely N-dealkylation sites (N-methyl/N-ethyl adjacent to an activating group) is 1. The van der Waals surface area contributed by atoms with Crippen molar-refractivity contribution in [2.75, 3.05) is 39.9 Å². The molecule has 0 unspecified atom stereocenters. The smallest absolute Gasteiger partial charge is 0.333 e. The number of hydrogen-bond donors (Lipinski definition) is 1. The SMILES string of the molecule is CN(CC(=O)N1CCOCC1)C(=O)c1ccc2c(=O)n(-c3ccccc3)c(=O)[nH]c2c1. The summed E-state index contributed by atoms with van der Waals surface area (Å²) in [5.41, 5.74) is -0.0701. The van der Waals surface area contributed by atoms with E-state index in [0.29, 0.717) is 32.0 Å². The van der Waals surface area contributed by atoms with Gasteiger partial charge in [0.25, 0.3) is 11.5 Å². The Bertz CT molecular complexity index is 1240. The number of nitrogens with one attached hydrogen (secondary N) is 1. The van der Waals surface area contributed by atoms with Crippen molar-refractivity contribution in [1.29, 1.82) is 0 Å². The molecule has 1 fully saturated rings. The lowest BCUT2D eigenvalue weighted by atomic mass is 10.1. The monoisotopic (exact) mass is 422 g/mol. The molecule has 0 saturated carbocycles. The molecule has 9 heteroatoms. The average molecular weight is 422 g/mol. The Labute approximate surface area is 177 Å². The van der Waals surface area contributed by atoms with Crippen molar-refractivity contribution in [3.8, 4) is 5.69 Å². The topological polar surface area (TPSA) is 105 Å². The van der Waals surface area contributed by atoms with Gasteiger partial charge in [0.15, 0.2) is 0 Å². The fourth-order valence-corrected chi connectivity index (χ4v) is 3.57. The molecule has 1 aliphatic heterocycles. The van der Waals surface area contributed by atoms with Gasteiger partial charge in [0, 0.05) is 25.7 Å². The first-order chi connectivity index (χ1) is 15.0. The quantitative estimate of drug-likeness (QED) is 0.663. The number of nitrogens with zero attached hydrogens (tertiary/aromatic N) is 3. The predicted octanol–water partition coefficient (Wildman–Crippen LogP) is 0.610. The molecule has 0 atom stereocenters. The van der Waals surface area contributed by atoms with Gasteiger partial charge in [-0.25, -0.2) is 9.36 Å². The number of fused-ring (bicyclic) bond motifs is 1. The van der Waals surface area contributed by atoms with Gasteiger partial charge in [-0.05, 0) is 30.3 Å². The minimum absolute atomic E-state index is 0.0665. The summed E-state index contributed by atoms with van der Waals surface area (Å²) in [5.74, 6) is -0.532. The normalized spacial score (nSPS) is 13.9. The van der Waals surface area contributed by atoms with Crippen LogP contribution in [0, 0.1) is 0 Å². The number of carbonyl (C=O) groups is 2. The van der Waals surface area contributed by atoms with Crippen molar-refractivity contribution >= 4 is 22.7 Å². The number of morpholine rings is 1. The van der Waals surface area contributed by atoms with Crippen molar-refractivity contribution in [1.82, 2.24) is 19.4 Å². The summed E-state index contributed by atoms with van der Waals surface area (Å²) in [5, 5.41) is 0.284. The van der Waals surface area contributed by atoms with Crippen molar-refractivity contribution in [2.45, 2.75) is 0 Å². The first-order valence-corrected chi connectivity index (χ1v) is 9.91. The molecule has 0 radical (unpaired) electrons. The summed E-state index contributed by atoms with van der Waals surface area (Å²) in [6, 6.07) is 13.1. The number of ether oxygens (including phenoxy) is 1. The number of rotatable bonds is 4. The number of aromatic amines is 1. The van der Waals surface area contributed by atoms with E-state index in [0.717, 1.165) is 4.57 Å². The molecule has 0 spiro atoms. The number of aromatic nitrogens is 2. The zero-order chi connectivity index (χ0) is 22.0. The summed E-state index contributed by atoms with van der Waals surface area (Å²) in [7, 11) is 1.54. The Balaban J connectivity index is 1.60. The van der Waals surface area contributed by atoms with Crippen LogP contribution in [0.4, 0.5) is 0 Å². The number of H-pyrrole nitrogens is 1.